The molecule has 0 bridgehead atoms. The number of hydrogen-bond acceptors (Lipinski definition) is 3. The molecule has 27 heavy (non-hydrogen) atoms. The first-order chi connectivity index (χ1) is 13.1. The normalized spacial score (nSPS) is 11.1. The van der Waals surface area contributed by atoms with Gasteiger partial charge in [-0.1, -0.05) is 36.4 Å². The second kappa shape index (κ2) is 6.80. The van der Waals surface area contributed by atoms with Crippen molar-refractivity contribution in [2.45, 2.75) is 13.5 Å². The van der Waals surface area contributed by atoms with E-state index in [1.54, 1.807) is 18.8 Å². The Kier molecular flexibility index (Phi) is 4.32. The number of rotatable bonds is 4. The zero-order valence-electron chi connectivity index (χ0n) is 15.7. The van der Waals surface area contributed by atoms with Gasteiger partial charge in [-0.15, -0.1) is 0 Å². The van der Waals surface area contributed by atoms with Gasteiger partial charge in [0, 0.05) is 10.9 Å². The molecule has 0 N–H and O–H groups in total. The molecule has 0 saturated heterocycles. The summed E-state index contributed by atoms with van der Waals surface area (Å²) in [5, 5.41) is 3.28. The lowest BCUT2D eigenvalue weighted by Gasteiger charge is -2.16. The van der Waals surface area contributed by atoms with Crippen LogP contribution < -0.4 is 15.0 Å². The van der Waals surface area contributed by atoms with Gasteiger partial charge in [0.05, 0.1) is 26.3 Å². The van der Waals surface area contributed by atoms with Gasteiger partial charge in [-0.25, -0.2) is 0 Å². The summed E-state index contributed by atoms with van der Waals surface area (Å²) in [6.07, 6.45) is 0. The van der Waals surface area contributed by atoms with Crippen LogP contribution in [0.15, 0.2) is 65.5 Å². The van der Waals surface area contributed by atoms with E-state index in [2.05, 4.69) is 24.3 Å². The SMILES string of the molecule is COc1ccc(Cn2c(=O)c(OC)c(C)c3cc4ccccc4cc32)cc1. The van der Waals surface area contributed by atoms with Crippen LogP contribution in [-0.4, -0.2) is 18.8 Å². The van der Waals surface area contributed by atoms with Crippen LogP contribution in [0, 0.1) is 6.92 Å². The number of pyridine rings is 1. The molecule has 0 aliphatic heterocycles. The second-order valence-electron chi connectivity index (χ2n) is 6.61. The highest BCUT2D eigenvalue weighted by molar-refractivity contribution is 5.98. The Balaban J connectivity index is 1.98. The largest absolute Gasteiger partial charge is 0.497 e. The van der Waals surface area contributed by atoms with E-state index in [-0.39, 0.29) is 5.56 Å². The van der Waals surface area contributed by atoms with Crippen molar-refractivity contribution in [2.24, 2.45) is 0 Å². The maximum atomic E-state index is 13.1. The van der Waals surface area contributed by atoms with Gasteiger partial charge in [-0.2, -0.15) is 0 Å². The van der Waals surface area contributed by atoms with Crippen molar-refractivity contribution in [3.8, 4) is 11.5 Å². The van der Waals surface area contributed by atoms with Crippen molar-refractivity contribution < 1.29 is 9.47 Å². The van der Waals surface area contributed by atoms with Gasteiger partial charge in [0.1, 0.15) is 5.75 Å². The number of nitrogens with zero attached hydrogens (tertiary/aromatic N) is 1. The van der Waals surface area contributed by atoms with Crippen molar-refractivity contribution >= 4 is 21.7 Å². The Labute approximate surface area is 157 Å². The first kappa shape index (κ1) is 17.2. The summed E-state index contributed by atoms with van der Waals surface area (Å²) in [6.45, 7) is 2.41. The van der Waals surface area contributed by atoms with Crippen LogP contribution in [0.4, 0.5) is 0 Å². The Morgan fingerprint density at radius 2 is 1.56 bits per heavy atom. The monoisotopic (exact) mass is 359 g/mol. The molecule has 0 aliphatic rings. The first-order valence-corrected chi connectivity index (χ1v) is 8.85. The molecule has 4 rings (SSSR count). The molecular formula is C23H21NO3. The fourth-order valence-electron chi connectivity index (χ4n) is 3.58. The van der Waals surface area contributed by atoms with Crippen LogP contribution >= 0.6 is 0 Å². The molecular weight excluding hydrogens is 338 g/mol. The van der Waals surface area contributed by atoms with Crippen LogP contribution in [0.1, 0.15) is 11.1 Å². The molecule has 0 fully saturated rings. The third kappa shape index (κ3) is 2.93. The highest BCUT2D eigenvalue weighted by Gasteiger charge is 2.15. The smallest absolute Gasteiger partial charge is 0.293 e. The van der Waals surface area contributed by atoms with Gasteiger partial charge in [-0.3, -0.25) is 4.79 Å². The summed E-state index contributed by atoms with van der Waals surface area (Å²) >= 11 is 0. The van der Waals surface area contributed by atoms with Gasteiger partial charge >= 0.3 is 0 Å². The summed E-state index contributed by atoms with van der Waals surface area (Å²) in [5.41, 5.74) is 2.69. The number of aryl methyl sites for hydroxylation is 1. The number of ether oxygens (including phenoxy) is 2. The minimum absolute atomic E-state index is 0.117. The molecule has 0 unspecified atom stereocenters. The molecule has 4 nitrogen and oxygen atoms in total. The van der Waals surface area contributed by atoms with Gasteiger partial charge < -0.3 is 14.0 Å². The average molecular weight is 359 g/mol. The molecule has 0 spiro atoms. The summed E-state index contributed by atoms with van der Waals surface area (Å²) in [6, 6.07) is 20.2. The molecule has 1 heterocycles. The molecule has 0 radical (unpaired) electrons. The van der Waals surface area contributed by atoms with Crippen LogP contribution in [-0.2, 0) is 6.54 Å². The molecule has 0 amide bonds. The topological polar surface area (TPSA) is 40.5 Å². The first-order valence-electron chi connectivity index (χ1n) is 8.85. The number of aromatic nitrogens is 1. The van der Waals surface area contributed by atoms with E-state index in [4.69, 9.17) is 9.47 Å². The maximum Gasteiger partial charge on any atom is 0.293 e. The van der Waals surface area contributed by atoms with E-state index in [0.717, 1.165) is 38.6 Å². The van der Waals surface area contributed by atoms with E-state index in [1.165, 1.54) is 0 Å². The molecule has 1 aromatic heterocycles. The van der Waals surface area contributed by atoms with Crippen molar-refractivity contribution in [1.82, 2.24) is 4.57 Å². The third-order valence-electron chi connectivity index (χ3n) is 5.04. The summed E-state index contributed by atoms with van der Waals surface area (Å²) in [4.78, 5) is 13.1. The van der Waals surface area contributed by atoms with Crippen LogP contribution in [0.2, 0.25) is 0 Å². The van der Waals surface area contributed by atoms with Crippen LogP contribution in [0.5, 0.6) is 11.5 Å². The van der Waals surface area contributed by atoms with Crippen LogP contribution in [0.25, 0.3) is 21.7 Å². The lowest BCUT2D eigenvalue weighted by molar-refractivity contribution is 0.402. The van der Waals surface area contributed by atoms with Gasteiger partial charge in [-0.05, 0) is 47.5 Å². The molecule has 3 aromatic carbocycles. The summed E-state index contributed by atoms with van der Waals surface area (Å²) in [7, 11) is 3.19. The molecule has 136 valence electrons. The molecule has 4 aromatic rings. The zero-order valence-corrected chi connectivity index (χ0v) is 15.7. The van der Waals surface area contributed by atoms with Crippen molar-refractivity contribution in [2.75, 3.05) is 14.2 Å². The van der Waals surface area contributed by atoms with Crippen molar-refractivity contribution in [3.05, 3.63) is 82.1 Å². The van der Waals surface area contributed by atoms with E-state index < -0.39 is 0 Å². The van der Waals surface area contributed by atoms with Gasteiger partial charge in [0.15, 0.2) is 5.75 Å². The molecule has 0 saturated carbocycles. The molecule has 0 aliphatic carbocycles. The predicted molar refractivity (Wildman–Crippen MR) is 109 cm³/mol. The van der Waals surface area contributed by atoms with E-state index in [0.29, 0.717) is 12.3 Å². The van der Waals surface area contributed by atoms with E-state index in [9.17, 15) is 4.79 Å². The second-order valence-corrected chi connectivity index (χ2v) is 6.61. The Hall–Kier alpha value is -3.27. The number of benzene rings is 3. The summed E-state index contributed by atoms with van der Waals surface area (Å²) < 4.78 is 12.5. The third-order valence-corrected chi connectivity index (χ3v) is 5.04. The minimum Gasteiger partial charge on any atom is -0.497 e. The van der Waals surface area contributed by atoms with Crippen molar-refractivity contribution in [1.29, 1.82) is 0 Å². The number of fused-ring (bicyclic) bond motifs is 2. The van der Waals surface area contributed by atoms with E-state index >= 15 is 0 Å². The molecule has 4 heteroatoms. The quantitative estimate of drug-likeness (QED) is 0.503. The fraction of sp³-hybridized carbons (Fsp3) is 0.174. The fourth-order valence-corrected chi connectivity index (χ4v) is 3.58. The van der Waals surface area contributed by atoms with Crippen LogP contribution in [0.3, 0.4) is 0 Å². The van der Waals surface area contributed by atoms with Crippen molar-refractivity contribution in [3.63, 3.8) is 0 Å². The van der Waals surface area contributed by atoms with E-state index in [1.807, 2.05) is 43.3 Å². The zero-order chi connectivity index (χ0) is 19.0. The highest BCUT2D eigenvalue weighted by atomic mass is 16.5. The Bertz CT molecular complexity index is 1190. The predicted octanol–water partition coefficient (Wildman–Crippen LogP) is 4.53. The maximum absolute atomic E-state index is 13.1. The lowest BCUT2D eigenvalue weighted by Crippen LogP contribution is -2.23. The minimum atomic E-state index is -0.117. The van der Waals surface area contributed by atoms with Gasteiger partial charge in [0.2, 0.25) is 0 Å². The number of methoxy groups -OCH3 is 2. The highest BCUT2D eigenvalue weighted by Crippen LogP contribution is 2.29. The standard InChI is InChI=1S/C23H21NO3/c1-15-20-12-17-6-4-5-7-18(17)13-21(20)24(23(25)22(15)27-3)14-16-8-10-19(26-2)11-9-16/h4-13H,14H2,1-3H3. The van der Waals surface area contributed by atoms with Gasteiger partial charge in [0.25, 0.3) is 5.56 Å². The summed E-state index contributed by atoms with van der Waals surface area (Å²) in [5.74, 6) is 1.19. The number of hydrogen-bond donors (Lipinski definition) is 0. The Morgan fingerprint density at radius 3 is 2.19 bits per heavy atom. The Morgan fingerprint density at radius 1 is 0.889 bits per heavy atom. The average Bonchev–Trinajstić information content (AvgIpc) is 2.71. The molecule has 0 atom stereocenters. The lowest BCUT2D eigenvalue weighted by atomic mass is 10.0.